The molecule has 1 amide bonds. The molecule has 0 spiro atoms. The molecular weight excluding hydrogens is 306 g/mol. The van der Waals surface area contributed by atoms with Crippen molar-refractivity contribution in [2.24, 2.45) is 0 Å². The smallest absolute Gasteiger partial charge is 0.315 e. The second-order valence-corrected chi connectivity index (χ2v) is 6.77. The Bertz CT molecular complexity index is 870. The molecule has 5 heteroatoms. The first kappa shape index (κ1) is 15.6. The third-order valence-corrected chi connectivity index (χ3v) is 4.57. The van der Waals surface area contributed by atoms with E-state index in [1.165, 1.54) is 22.9 Å². The van der Waals surface area contributed by atoms with Gasteiger partial charge in [0.1, 0.15) is 0 Å². The number of anilines is 1. The summed E-state index contributed by atoms with van der Waals surface area (Å²) < 4.78 is 0. The van der Waals surface area contributed by atoms with Crippen molar-refractivity contribution in [2.75, 3.05) is 11.1 Å². The molecule has 3 rings (SSSR count). The van der Waals surface area contributed by atoms with Gasteiger partial charge in [-0.1, -0.05) is 23.8 Å². The van der Waals surface area contributed by atoms with Crippen molar-refractivity contribution in [2.45, 2.75) is 25.9 Å². The number of carbonyl (C=O) groups excluding carboxylic acids is 1. The minimum absolute atomic E-state index is 0.00908. The molecule has 0 saturated heterocycles. The van der Waals surface area contributed by atoms with Crippen molar-refractivity contribution in [3.63, 3.8) is 0 Å². The minimum Gasteiger partial charge on any atom is -0.325 e. The zero-order valence-corrected chi connectivity index (χ0v) is 14.3. The van der Waals surface area contributed by atoms with Crippen LogP contribution >= 0.6 is 11.8 Å². The summed E-state index contributed by atoms with van der Waals surface area (Å²) in [6.07, 6.45) is 0. The molecule has 23 heavy (non-hydrogen) atoms. The second kappa shape index (κ2) is 6.46. The van der Waals surface area contributed by atoms with E-state index >= 15 is 0 Å². The number of hydrogen-bond acceptors (Lipinski definition) is 2. The van der Waals surface area contributed by atoms with Gasteiger partial charge in [0.25, 0.3) is 0 Å². The summed E-state index contributed by atoms with van der Waals surface area (Å²) in [5.41, 5.74) is 6.46. The highest BCUT2D eigenvalue weighted by molar-refractivity contribution is 7.99. The van der Waals surface area contributed by atoms with Gasteiger partial charge >= 0.3 is 5.16 Å². The van der Waals surface area contributed by atoms with E-state index in [1.54, 1.807) is 0 Å². The van der Waals surface area contributed by atoms with Gasteiger partial charge in [-0.2, -0.15) is 0 Å². The fourth-order valence-corrected chi connectivity index (χ4v) is 3.21. The molecule has 0 aliphatic carbocycles. The second-order valence-electron chi connectivity index (χ2n) is 5.78. The number of fused-ring (bicyclic) bond motifs is 1. The first-order valence-corrected chi connectivity index (χ1v) is 8.51. The van der Waals surface area contributed by atoms with Crippen LogP contribution in [0, 0.1) is 20.8 Å². The van der Waals surface area contributed by atoms with Gasteiger partial charge in [0.05, 0.1) is 5.75 Å². The zero-order valence-electron chi connectivity index (χ0n) is 13.5. The van der Waals surface area contributed by atoms with Gasteiger partial charge in [-0.15, -0.1) is 0 Å². The topological polar surface area (TPSA) is 59.0 Å². The van der Waals surface area contributed by atoms with Gasteiger partial charge in [-0.05, 0) is 61.9 Å². The molecule has 0 radical (unpaired) electrons. The van der Waals surface area contributed by atoms with E-state index in [2.05, 4.69) is 40.4 Å². The van der Waals surface area contributed by atoms with E-state index in [9.17, 15) is 4.79 Å². The molecule has 118 valence electrons. The van der Waals surface area contributed by atoms with Crippen LogP contribution in [-0.2, 0) is 4.79 Å². The molecule has 0 bridgehead atoms. The molecule has 4 nitrogen and oxygen atoms in total. The largest absolute Gasteiger partial charge is 0.325 e. The normalized spacial score (nSPS) is 10.9. The van der Waals surface area contributed by atoms with Crippen molar-refractivity contribution in [1.82, 2.24) is 4.98 Å². The number of imidazole rings is 1. The van der Waals surface area contributed by atoms with Crippen molar-refractivity contribution < 1.29 is 9.78 Å². The molecule has 1 aromatic heterocycles. The van der Waals surface area contributed by atoms with Gasteiger partial charge in [-0.3, -0.25) is 4.79 Å². The van der Waals surface area contributed by atoms with Crippen LogP contribution in [0.2, 0.25) is 0 Å². The van der Waals surface area contributed by atoms with Crippen molar-refractivity contribution in [1.29, 1.82) is 0 Å². The van der Waals surface area contributed by atoms with Crippen LogP contribution in [0.5, 0.6) is 0 Å². The quantitative estimate of drug-likeness (QED) is 0.719. The van der Waals surface area contributed by atoms with Gasteiger partial charge in [0.2, 0.25) is 5.91 Å². The minimum atomic E-state index is -0.00908. The molecule has 0 fully saturated rings. The summed E-state index contributed by atoms with van der Waals surface area (Å²) in [6.45, 7) is 6.11. The Labute approximate surface area is 139 Å². The van der Waals surface area contributed by atoms with Crippen molar-refractivity contribution >= 4 is 34.4 Å². The number of nitrogens with one attached hydrogen (secondary N) is 3. The number of hydrogen-bond donors (Lipinski definition) is 2. The molecule has 0 aliphatic heterocycles. The number of benzene rings is 2. The number of aryl methyl sites for hydroxylation is 3. The van der Waals surface area contributed by atoms with Crippen LogP contribution in [0.15, 0.2) is 41.6 Å². The predicted octanol–water partition coefficient (Wildman–Crippen LogP) is 3.64. The van der Waals surface area contributed by atoms with Crippen molar-refractivity contribution in [3.8, 4) is 0 Å². The molecule has 1 heterocycles. The number of aromatic amines is 2. The van der Waals surface area contributed by atoms with E-state index in [4.69, 9.17) is 0 Å². The number of thioether (sulfide) groups is 1. The summed E-state index contributed by atoms with van der Waals surface area (Å²) in [7, 11) is 0. The maximum atomic E-state index is 12.1. The fraction of sp³-hybridized carbons (Fsp3) is 0.222. The molecule has 2 aromatic carbocycles. The van der Waals surface area contributed by atoms with Crippen LogP contribution in [0.25, 0.3) is 11.0 Å². The summed E-state index contributed by atoms with van der Waals surface area (Å²) in [6, 6.07) is 12.2. The maximum absolute atomic E-state index is 12.1. The average Bonchev–Trinajstić information content (AvgIpc) is 2.90. The van der Waals surface area contributed by atoms with Gasteiger partial charge in [0.15, 0.2) is 11.0 Å². The van der Waals surface area contributed by atoms with Crippen LogP contribution in [-0.4, -0.2) is 16.6 Å². The lowest BCUT2D eigenvalue weighted by molar-refractivity contribution is -0.396. The first-order valence-electron chi connectivity index (χ1n) is 7.53. The van der Waals surface area contributed by atoms with E-state index in [0.717, 1.165) is 27.4 Å². The lowest BCUT2D eigenvalue weighted by Gasteiger charge is -2.08. The Morgan fingerprint density at radius 3 is 2.65 bits per heavy atom. The number of aromatic nitrogens is 2. The maximum Gasteiger partial charge on any atom is 0.315 e. The molecule has 0 atom stereocenters. The SMILES string of the molecule is Cc1ccc(NC(=O)CSc2[nH]c3cc(C)ccc3[nH+]2)c(C)c1. The molecule has 3 N–H and O–H groups in total. The van der Waals surface area contributed by atoms with Crippen LogP contribution < -0.4 is 10.3 Å². The summed E-state index contributed by atoms with van der Waals surface area (Å²) in [4.78, 5) is 18.7. The highest BCUT2D eigenvalue weighted by Crippen LogP contribution is 2.19. The summed E-state index contributed by atoms with van der Waals surface area (Å²) >= 11 is 1.47. The summed E-state index contributed by atoms with van der Waals surface area (Å²) in [5.74, 6) is 0.348. The van der Waals surface area contributed by atoms with E-state index in [-0.39, 0.29) is 5.91 Å². The van der Waals surface area contributed by atoms with E-state index in [0.29, 0.717) is 5.75 Å². The lowest BCUT2D eigenvalue weighted by Crippen LogP contribution is -2.16. The fourth-order valence-electron chi connectivity index (χ4n) is 2.50. The third-order valence-electron chi connectivity index (χ3n) is 3.68. The summed E-state index contributed by atoms with van der Waals surface area (Å²) in [5, 5.41) is 3.85. The molecule has 3 aromatic rings. The van der Waals surface area contributed by atoms with Crippen molar-refractivity contribution in [3.05, 3.63) is 53.1 Å². The van der Waals surface area contributed by atoms with Crippen LogP contribution in [0.3, 0.4) is 0 Å². The van der Waals surface area contributed by atoms with Gasteiger partial charge in [0, 0.05) is 5.69 Å². The Hall–Kier alpha value is -2.27. The van der Waals surface area contributed by atoms with E-state index in [1.807, 2.05) is 32.0 Å². The van der Waals surface area contributed by atoms with Crippen LogP contribution in [0.4, 0.5) is 5.69 Å². The Balaban J connectivity index is 1.63. The Morgan fingerprint density at radius 2 is 1.87 bits per heavy atom. The van der Waals surface area contributed by atoms with Gasteiger partial charge < -0.3 is 5.32 Å². The van der Waals surface area contributed by atoms with Gasteiger partial charge in [-0.25, -0.2) is 9.97 Å². The molecule has 0 aliphatic rings. The average molecular weight is 326 g/mol. The molecule has 0 saturated carbocycles. The number of carbonyl (C=O) groups is 1. The molecule has 0 unspecified atom stereocenters. The molecular formula is C18H20N3OS+. The number of H-pyrrole nitrogens is 2. The Morgan fingerprint density at radius 1 is 1.13 bits per heavy atom. The highest BCUT2D eigenvalue weighted by atomic mass is 32.2. The predicted molar refractivity (Wildman–Crippen MR) is 94.9 cm³/mol. The zero-order chi connectivity index (χ0) is 16.4. The Kier molecular flexibility index (Phi) is 4.39. The van der Waals surface area contributed by atoms with Crippen LogP contribution in [0.1, 0.15) is 16.7 Å². The number of rotatable bonds is 4. The monoisotopic (exact) mass is 326 g/mol. The first-order chi connectivity index (χ1) is 11.0. The third kappa shape index (κ3) is 3.74. The standard InChI is InChI=1S/C18H19N3OS/c1-11-4-6-14(13(3)8-11)19-17(22)10-23-18-20-15-7-5-12(2)9-16(15)21-18/h4-9H,10H2,1-3H3,(H,19,22)(H,20,21)/p+1. The van der Waals surface area contributed by atoms with E-state index < -0.39 is 0 Å². The lowest BCUT2D eigenvalue weighted by atomic mass is 10.1. The highest BCUT2D eigenvalue weighted by Gasteiger charge is 2.13. The number of amides is 1.